The number of nitrogens with one attached hydrogen (secondary N) is 1. The average molecular weight is 275 g/mol. The Labute approximate surface area is 123 Å². The van der Waals surface area contributed by atoms with Gasteiger partial charge in [-0.05, 0) is 68.7 Å². The smallest absolute Gasteiger partial charge is 0.120 e. The Morgan fingerprint density at radius 2 is 1.95 bits per heavy atom. The van der Waals surface area contributed by atoms with E-state index >= 15 is 0 Å². The molecule has 1 aliphatic carbocycles. The van der Waals surface area contributed by atoms with Crippen molar-refractivity contribution < 1.29 is 4.74 Å². The van der Waals surface area contributed by atoms with Gasteiger partial charge in [0, 0.05) is 11.7 Å². The summed E-state index contributed by atoms with van der Waals surface area (Å²) >= 11 is 0. The van der Waals surface area contributed by atoms with Crippen molar-refractivity contribution in [2.45, 2.75) is 66.5 Å². The Bertz CT molecular complexity index is 464. The summed E-state index contributed by atoms with van der Waals surface area (Å²) in [5, 5.41) is 3.74. The number of hydrogen-bond acceptors (Lipinski definition) is 2. The fraction of sp³-hybridized carbons (Fsp3) is 0.667. The lowest BCUT2D eigenvalue weighted by molar-refractivity contribution is 0.242. The van der Waals surface area contributed by atoms with E-state index in [0.717, 1.165) is 11.7 Å². The zero-order valence-electron chi connectivity index (χ0n) is 13.8. The first-order valence-electron chi connectivity index (χ1n) is 7.81. The van der Waals surface area contributed by atoms with E-state index in [1.54, 1.807) is 0 Å². The van der Waals surface area contributed by atoms with Gasteiger partial charge in [0.05, 0.1) is 6.10 Å². The summed E-state index contributed by atoms with van der Waals surface area (Å²) in [7, 11) is 0. The summed E-state index contributed by atoms with van der Waals surface area (Å²) in [6, 6.07) is 6.94. The molecule has 0 aromatic heterocycles. The largest absolute Gasteiger partial charge is 0.491 e. The van der Waals surface area contributed by atoms with E-state index < -0.39 is 0 Å². The molecule has 20 heavy (non-hydrogen) atoms. The molecular formula is C18H29NO. The van der Waals surface area contributed by atoms with E-state index in [1.165, 1.54) is 24.1 Å². The van der Waals surface area contributed by atoms with Gasteiger partial charge >= 0.3 is 0 Å². The maximum absolute atomic E-state index is 5.75. The molecule has 1 saturated carbocycles. The molecule has 2 heteroatoms. The van der Waals surface area contributed by atoms with Crippen LogP contribution in [-0.4, -0.2) is 12.1 Å². The van der Waals surface area contributed by atoms with E-state index in [9.17, 15) is 0 Å². The molecule has 1 fully saturated rings. The van der Waals surface area contributed by atoms with Crippen molar-refractivity contribution in [1.29, 1.82) is 0 Å². The van der Waals surface area contributed by atoms with Gasteiger partial charge in [-0.25, -0.2) is 0 Å². The Balaban J connectivity index is 2.07. The molecule has 1 aromatic carbocycles. The first-order chi connectivity index (χ1) is 9.27. The standard InChI is InChI=1S/C18H29NO/c1-12(2)20-15-7-8-16(13(3)9-15)19-17-11-18(5,6)10-14(17)4/h7-9,12,14,17,19H,10-11H2,1-6H3. The van der Waals surface area contributed by atoms with Gasteiger partial charge in [0.15, 0.2) is 0 Å². The second-order valence-corrected chi connectivity index (χ2v) is 7.44. The van der Waals surface area contributed by atoms with Gasteiger partial charge in [0.2, 0.25) is 0 Å². The summed E-state index contributed by atoms with van der Waals surface area (Å²) < 4.78 is 5.75. The molecule has 2 nitrogen and oxygen atoms in total. The summed E-state index contributed by atoms with van der Waals surface area (Å²) in [4.78, 5) is 0. The number of ether oxygens (including phenoxy) is 1. The number of benzene rings is 1. The molecule has 0 saturated heterocycles. The predicted molar refractivity (Wildman–Crippen MR) is 86.5 cm³/mol. The van der Waals surface area contributed by atoms with E-state index in [0.29, 0.717) is 11.5 Å². The average Bonchev–Trinajstić information content (AvgIpc) is 2.55. The van der Waals surface area contributed by atoms with Crippen LogP contribution in [0.25, 0.3) is 0 Å². The van der Waals surface area contributed by atoms with Crippen LogP contribution in [0.2, 0.25) is 0 Å². The second-order valence-electron chi connectivity index (χ2n) is 7.44. The molecule has 0 radical (unpaired) electrons. The Kier molecular flexibility index (Phi) is 4.31. The van der Waals surface area contributed by atoms with E-state index in [-0.39, 0.29) is 6.10 Å². The summed E-state index contributed by atoms with van der Waals surface area (Å²) in [5.41, 5.74) is 2.97. The second kappa shape index (κ2) is 5.67. The zero-order chi connectivity index (χ0) is 14.9. The molecule has 1 N–H and O–H groups in total. The van der Waals surface area contributed by atoms with Crippen molar-refractivity contribution in [3.05, 3.63) is 23.8 Å². The highest BCUT2D eigenvalue weighted by molar-refractivity contribution is 5.54. The lowest BCUT2D eigenvalue weighted by atomic mass is 9.91. The molecule has 0 spiro atoms. The maximum Gasteiger partial charge on any atom is 0.120 e. The number of hydrogen-bond donors (Lipinski definition) is 1. The van der Waals surface area contributed by atoms with Gasteiger partial charge < -0.3 is 10.1 Å². The molecule has 2 rings (SSSR count). The number of rotatable bonds is 4. The molecule has 1 aromatic rings. The SMILES string of the molecule is Cc1cc(OC(C)C)ccc1NC1CC(C)(C)CC1C. The minimum absolute atomic E-state index is 0.226. The highest BCUT2D eigenvalue weighted by Crippen LogP contribution is 2.42. The van der Waals surface area contributed by atoms with Crippen molar-refractivity contribution in [3.63, 3.8) is 0 Å². The van der Waals surface area contributed by atoms with E-state index in [4.69, 9.17) is 4.74 Å². The quantitative estimate of drug-likeness (QED) is 0.833. The third-order valence-electron chi connectivity index (χ3n) is 4.24. The fourth-order valence-electron chi connectivity index (χ4n) is 3.43. The molecule has 2 atom stereocenters. The first-order valence-corrected chi connectivity index (χ1v) is 7.81. The molecule has 2 unspecified atom stereocenters. The van der Waals surface area contributed by atoms with Crippen molar-refractivity contribution >= 4 is 5.69 Å². The van der Waals surface area contributed by atoms with Crippen molar-refractivity contribution in [2.24, 2.45) is 11.3 Å². The van der Waals surface area contributed by atoms with Crippen molar-refractivity contribution in [1.82, 2.24) is 0 Å². The molecule has 0 aliphatic heterocycles. The third-order valence-corrected chi connectivity index (χ3v) is 4.24. The van der Waals surface area contributed by atoms with Crippen LogP contribution in [0, 0.1) is 18.3 Å². The summed E-state index contributed by atoms with van der Waals surface area (Å²) in [6.45, 7) is 13.4. The minimum atomic E-state index is 0.226. The van der Waals surface area contributed by atoms with Gasteiger partial charge in [0.1, 0.15) is 5.75 Å². The van der Waals surface area contributed by atoms with E-state index in [1.807, 2.05) is 0 Å². The number of aryl methyl sites for hydroxylation is 1. The van der Waals surface area contributed by atoms with Crippen LogP contribution in [0.15, 0.2) is 18.2 Å². The summed E-state index contributed by atoms with van der Waals surface area (Å²) in [6.07, 6.45) is 2.78. The van der Waals surface area contributed by atoms with Crippen LogP contribution >= 0.6 is 0 Å². The van der Waals surface area contributed by atoms with Gasteiger partial charge in [-0.15, -0.1) is 0 Å². The van der Waals surface area contributed by atoms with Gasteiger partial charge in [-0.3, -0.25) is 0 Å². The highest BCUT2D eigenvalue weighted by Gasteiger charge is 2.36. The lowest BCUT2D eigenvalue weighted by Gasteiger charge is -2.21. The molecule has 112 valence electrons. The van der Waals surface area contributed by atoms with Crippen LogP contribution in [0.1, 0.15) is 53.0 Å². The predicted octanol–water partition coefficient (Wildman–Crippen LogP) is 5.02. The van der Waals surface area contributed by atoms with Gasteiger partial charge in [-0.2, -0.15) is 0 Å². The molecule has 0 bridgehead atoms. The fourth-order valence-corrected chi connectivity index (χ4v) is 3.43. The van der Waals surface area contributed by atoms with Crippen LogP contribution < -0.4 is 10.1 Å². The van der Waals surface area contributed by atoms with Crippen LogP contribution in [0.3, 0.4) is 0 Å². The normalized spacial score (nSPS) is 24.9. The molecular weight excluding hydrogens is 246 g/mol. The third kappa shape index (κ3) is 3.68. The van der Waals surface area contributed by atoms with Crippen LogP contribution in [0.5, 0.6) is 5.75 Å². The monoisotopic (exact) mass is 275 g/mol. The minimum Gasteiger partial charge on any atom is -0.491 e. The van der Waals surface area contributed by atoms with Crippen LogP contribution in [0.4, 0.5) is 5.69 Å². The molecule has 0 amide bonds. The Morgan fingerprint density at radius 1 is 1.25 bits per heavy atom. The molecule has 0 heterocycles. The Morgan fingerprint density at radius 3 is 2.45 bits per heavy atom. The maximum atomic E-state index is 5.75. The van der Waals surface area contributed by atoms with Crippen molar-refractivity contribution in [3.8, 4) is 5.75 Å². The highest BCUT2D eigenvalue weighted by atomic mass is 16.5. The summed E-state index contributed by atoms with van der Waals surface area (Å²) in [5.74, 6) is 1.69. The van der Waals surface area contributed by atoms with Gasteiger partial charge in [-0.1, -0.05) is 20.8 Å². The Hall–Kier alpha value is -1.18. The topological polar surface area (TPSA) is 21.3 Å². The first kappa shape index (κ1) is 15.2. The van der Waals surface area contributed by atoms with Gasteiger partial charge in [0.25, 0.3) is 0 Å². The lowest BCUT2D eigenvalue weighted by Crippen LogP contribution is -2.23. The number of anilines is 1. The van der Waals surface area contributed by atoms with E-state index in [2.05, 4.69) is 65.1 Å². The molecule has 1 aliphatic rings. The zero-order valence-corrected chi connectivity index (χ0v) is 13.8. The van der Waals surface area contributed by atoms with Crippen molar-refractivity contribution in [2.75, 3.05) is 5.32 Å². The van der Waals surface area contributed by atoms with Crippen LogP contribution in [-0.2, 0) is 0 Å².